The third kappa shape index (κ3) is 2.38. The maximum atomic E-state index is 11.2. The molecule has 0 fully saturated rings. The van der Waals surface area contributed by atoms with Gasteiger partial charge in [0.25, 0.3) is 0 Å². The van der Waals surface area contributed by atoms with Gasteiger partial charge in [-0.3, -0.25) is 0 Å². The van der Waals surface area contributed by atoms with Crippen molar-refractivity contribution >= 4 is 21.6 Å². The molecule has 0 atom stereocenters. The van der Waals surface area contributed by atoms with Gasteiger partial charge >= 0.3 is 0 Å². The standard InChI is InChI=1S/C31H25NOS/c1-30(2)22-11-7-6-10-18(22)20-15-21(26(33)16-24(20)30)29-32-25-14-13-19-17-9-5-8-12-23(17)31(3,4)27(19)28(25)34-29/h5-16,33H,1-4H3. The van der Waals surface area contributed by atoms with Crippen LogP contribution >= 0.6 is 11.3 Å². The Morgan fingerprint density at radius 3 is 2.03 bits per heavy atom. The fraction of sp³-hybridized carbons (Fsp3) is 0.194. The Labute approximate surface area is 203 Å². The molecule has 166 valence electrons. The van der Waals surface area contributed by atoms with Crippen LogP contribution in [0, 0.1) is 0 Å². The van der Waals surface area contributed by atoms with Crippen molar-refractivity contribution < 1.29 is 5.11 Å². The largest absolute Gasteiger partial charge is 0.507 e. The third-order valence-corrected chi connectivity index (χ3v) is 9.13. The van der Waals surface area contributed by atoms with Crippen LogP contribution in [0.4, 0.5) is 0 Å². The normalized spacial score (nSPS) is 16.2. The molecule has 5 aromatic rings. The van der Waals surface area contributed by atoms with E-state index in [2.05, 4.69) is 94.4 Å². The number of aromatic nitrogens is 1. The number of phenols is 1. The summed E-state index contributed by atoms with van der Waals surface area (Å²) in [5, 5.41) is 12.0. The molecule has 0 spiro atoms. The zero-order valence-corrected chi connectivity index (χ0v) is 20.5. The highest BCUT2D eigenvalue weighted by molar-refractivity contribution is 7.22. The Balaban J connectivity index is 1.46. The predicted molar refractivity (Wildman–Crippen MR) is 142 cm³/mol. The molecule has 7 rings (SSSR count). The molecule has 1 N–H and O–H groups in total. The number of aromatic hydroxyl groups is 1. The van der Waals surface area contributed by atoms with Crippen LogP contribution in [0.5, 0.6) is 5.75 Å². The molecule has 2 aliphatic rings. The number of thiazole rings is 1. The summed E-state index contributed by atoms with van der Waals surface area (Å²) >= 11 is 1.70. The van der Waals surface area contributed by atoms with E-state index in [0.29, 0.717) is 5.75 Å². The molecule has 2 aliphatic carbocycles. The monoisotopic (exact) mass is 459 g/mol. The van der Waals surface area contributed by atoms with E-state index in [1.54, 1.807) is 11.3 Å². The van der Waals surface area contributed by atoms with Gasteiger partial charge in [-0.2, -0.15) is 0 Å². The summed E-state index contributed by atoms with van der Waals surface area (Å²) in [5.41, 5.74) is 11.9. The smallest absolute Gasteiger partial charge is 0.128 e. The minimum absolute atomic E-state index is 0.0851. The van der Waals surface area contributed by atoms with Gasteiger partial charge in [0.1, 0.15) is 10.8 Å². The number of rotatable bonds is 1. The van der Waals surface area contributed by atoms with Gasteiger partial charge in [0.2, 0.25) is 0 Å². The van der Waals surface area contributed by atoms with E-state index < -0.39 is 0 Å². The van der Waals surface area contributed by atoms with Crippen molar-refractivity contribution in [2.24, 2.45) is 0 Å². The molecule has 0 saturated heterocycles. The Morgan fingerprint density at radius 2 is 1.29 bits per heavy atom. The molecule has 0 radical (unpaired) electrons. The summed E-state index contributed by atoms with van der Waals surface area (Å²) < 4.78 is 1.22. The first-order valence-electron chi connectivity index (χ1n) is 11.8. The highest BCUT2D eigenvalue weighted by atomic mass is 32.1. The molecule has 4 aromatic carbocycles. The molecule has 34 heavy (non-hydrogen) atoms. The van der Waals surface area contributed by atoms with Crippen LogP contribution in [0.15, 0.2) is 72.8 Å². The molecule has 0 bridgehead atoms. The van der Waals surface area contributed by atoms with Gasteiger partial charge in [0, 0.05) is 10.8 Å². The summed E-state index contributed by atoms with van der Waals surface area (Å²) in [7, 11) is 0. The van der Waals surface area contributed by atoms with Crippen LogP contribution in [-0.2, 0) is 10.8 Å². The molecule has 1 aromatic heterocycles. The first-order chi connectivity index (χ1) is 16.3. The first kappa shape index (κ1) is 20.0. The molecule has 0 saturated carbocycles. The number of fused-ring (bicyclic) bond motifs is 8. The van der Waals surface area contributed by atoms with Gasteiger partial charge in [-0.05, 0) is 62.7 Å². The highest BCUT2D eigenvalue weighted by Crippen LogP contribution is 2.55. The second-order valence-corrected chi connectivity index (χ2v) is 11.6. The highest BCUT2D eigenvalue weighted by Gasteiger charge is 2.38. The lowest BCUT2D eigenvalue weighted by atomic mass is 9.82. The number of phenolic OH excluding ortho intramolecular Hbond substituents is 1. The van der Waals surface area contributed by atoms with Gasteiger partial charge < -0.3 is 5.11 Å². The predicted octanol–water partition coefficient (Wildman–Crippen LogP) is 8.28. The fourth-order valence-corrected chi connectivity index (χ4v) is 7.55. The van der Waals surface area contributed by atoms with Crippen molar-refractivity contribution in [3.63, 3.8) is 0 Å². The van der Waals surface area contributed by atoms with Gasteiger partial charge in [-0.25, -0.2) is 4.98 Å². The lowest BCUT2D eigenvalue weighted by Gasteiger charge is -2.21. The van der Waals surface area contributed by atoms with E-state index in [-0.39, 0.29) is 10.8 Å². The summed E-state index contributed by atoms with van der Waals surface area (Å²) in [6.07, 6.45) is 0. The lowest BCUT2D eigenvalue weighted by molar-refractivity contribution is 0.475. The zero-order valence-electron chi connectivity index (χ0n) is 19.7. The van der Waals surface area contributed by atoms with Crippen LogP contribution in [0.25, 0.3) is 43.0 Å². The Hall–Kier alpha value is -3.43. The molecule has 0 aliphatic heterocycles. The molecule has 3 heteroatoms. The second kappa shape index (κ2) is 6.37. The van der Waals surface area contributed by atoms with Gasteiger partial charge in [0.05, 0.1) is 15.8 Å². The van der Waals surface area contributed by atoms with E-state index in [1.807, 2.05) is 6.07 Å². The van der Waals surface area contributed by atoms with Crippen molar-refractivity contribution in [1.82, 2.24) is 4.98 Å². The molecular formula is C31H25NOS. The minimum Gasteiger partial charge on any atom is -0.507 e. The maximum absolute atomic E-state index is 11.2. The Morgan fingerprint density at radius 1 is 0.647 bits per heavy atom. The van der Waals surface area contributed by atoms with E-state index in [0.717, 1.165) is 16.1 Å². The zero-order chi connectivity index (χ0) is 23.4. The van der Waals surface area contributed by atoms with Crippen molar-refractivity contribution in [3.8, 4) is 38.6 Å². The van der Waals surface area contributed by atoms with Crippen LogP contribution in [0.2, 0.25) is 0 Å². The van der Waals surface area contributed by atoms with Crippen molar-refractivity contribution in [2.75, 3.05) is 0 Å². The Bertz CT molecular complexity index is 1670. The van der Waals surface area contributed by atoms with E-state index >= 15 is 0 Å². The average molecular weight is 460 g/mol. The van der Waals surface area contributed by atoms with Crippen LogP contribution < -0.4 is 0 Å². The average Bonchev–Trinajstić information content (AvgIpc) is 3.42. The minimum atomic E-state index is -0.133. The quantitative estimate of drug-likeness (QED) is 0.273. The van der Waals surface area contributed by atoms with Gasteiger partial charge in [-0.1, -0.05) is 82.3 Å². The number of hydrogen-bond donors (Lipinski definition) is 1. The molecule has 2 nitrogen and oxygen atoms in total. The lowest BCUT2D eigenvalue weighted by Crippen LogP contribution is -2.14. The summed E-state index contributed by atoms with van der Waals surface area (Å²) in [5.74, 6) is 0.304. The third-order valence-electron chi connectivity index (χ3n) is 8.00. The maximum Gasteiger partial charge on any atom is 0.128 e. The summed E-state index contributed by atoms with van der Waals surface area (Å²) in [6.45, 7) is 9.08. The second-order valence-electron chi connectivity index (χ2n) is 10.6. The number of nitrogens with zero attached hydrogens (tertiary/aromatic N) is 1. The molecule has 1 heterocycles. The van der Waals surface area contributed by atoms with Crippen LogP contribution in [0.1, 0.15) is 49.9 Å². The summed E-state index contributed by atoms with van der Waals surface area (Å²) in [6, 6.07) is 25.8. The molecule has 0 unspecified atom stereocenters. The van der Waals surface area contributed by atoms with Crippen molar-refractivity contribution in [2.45, 2.75) is 38.5 Å². The van der Waals surface area contributed by atoms with Gasteiger partial charge in [0.15, 0.2) is 0 Å². The fourth-order valence-electron chi connectivity index (χ4n) is 6.26. The molecular weight excluding hydrogens is 434 g/mol. The summed E-state index contributed by atoms with van der Waals surface area (Å²) in [4.78, 5) is 5.03. The van der Waals surface area contributed by atoms with E-state index in [9.17, 15) is 5.11 Å². The topological polar surface area (TPSA) is 33.1 Å². The number of benzene rings is 4. The van der Waals surface area contributed by atoms with Gasteiger partial charge in [-0.15, -0.1) is 11.3 Å². The van der Waals surface area contributed by atoms with E-state index in [1.165, 1.54) is 49.2 Å². The Kier molecular flexibility index (Phi) is 3.74. The van der Waals surface area contributed by atoms with Crippen molar-refractivity contribution in [3.05, 3.63) is 95.1 Å². The number of hydrogen-bond acceptors (Lipinski definition) is 3. The first-order valence-corrected chi connectivity index (χ1v) is 12.6. The SMILES string of the molecule is CC1(C)c2ccccc2-c2cc(-c3nc4ccc5c(c4s3)C(C)(C)c3ccccc3-5)c(O)cc21. The van der Waals surface area contributed by atoms with Crippen LogP contribution in [0.3, 0.4) is 0 Å². The van der Waals surface area contributed by atoms with Crippen LogP contribution in [-0.4, -0.2) is 10.1 Å². The molecule has 0 amide bonds. The van der Waals surface area contributed by atoms with Crippen molar-refractivity contribution in [1.29, 1.82) is 0 Å². The van der Waals surface area contributed by atoms with E-state index in [4.69, 9.17) is 4.98 Å².